The molecule has 0 heterocycles. The molecule has 1 heteroatoms. The van der Waals surface area contributed by atoms with Gasteiger partial charge in [0.1, 0.15) is 0 Å². The van der Waals surface area contributed by atoms with Gasteiger partial charge in [-0.1, -0.05) is 25.7 Å². The lowest BCUT2D eigenvalue weighted by Gasteiger charge is -2.32. The third-order valence-corrected chi connectivity index (χ3v) is 3.71. The Kier molecular flexibility index (Phi) is 2.17. The highest BCUT2D eigenvalue weighted by Crippen LogP contribution is 2.44. The predicted molar refractivity (Wildman–Crippen MR) is 45.3 cm³/mol. The van der Waals surface area contributed by atoms with E-state index in [-0.39, 0.29) is 0 Å². The van der Waals surface area contributed by atoms with Crippen LogP contribution in [0.25, 0.3) is 0 Å². The summed E-state index contributed by atoms with van der Waals surface area (Å²) in [5, 5.41) is 9.14. The van der Waals surface area contributed by atoms with E-state index in [4.69, 9.17) is 5.11 Å². The Balaban J connectivity index is 2.00. The third-order valence-electron chi connectivity index (χ3n) is 3.71. The van der Waals surface area contributed by atoms with Crippen molar-refractivity contribution >= 4 is 0 Å². The summed E-state index contributed by atoms with van der Waals surface area (Å²) in [4.78, 5) is 0. The molecule has 1 N–H and O–H groups in total. The molecule has 2 rings (SSSR count). The SMILES string of the molecule is OC[C@@H]1CCC[C@@H]2CCC[C@H]21. The molecule has 2 saturated carbocycles. The Bertz CT molecular complexity index is 133. The first-order chi connectivity index (χ1) is 5.42. The minimum atomic E-state index is 0.446. The average molecular weight is 154 g/mol. The summed E-state index contributed by atoms with van der Waals surface area (Å²) in [6.45, 7) is 0.446. The van der Waals surface area contributed by atoms with Crippen molar-refractivity contribution in [1.29, 1.82) is 0 Å². The molecule has 0 aromatic heterocycles. The minimum Gasteiger partial charge on any atom is -0.396 e. The fourth-order valence-corrected chi connectivity index (χ4v) is 3.13. The molecule has 2 aliphatic carbocycles. The lowest BCUT2D eigenvalue weighted by Crippen LogP contribution is -2.26. The van der Waals surface area contributed by atoms with E-state index in [1.807, 2.05) is 0 Å². The third kappa shape index (κ3) is 1.31. The van der Waals surface area contributed by atoms with E-state index in [1.54, 1.807) is 0 Å². The van der Waals surface area contributed by atoms with Gasteiger partial charge >= 0.3 is 0 Å². The largest absolute Gasteiger partial charge is 0.396 e. The fraction of sp³-hybridized carbons (Fsp3) is 1.00. The van der Waals surface area contributed by atoms with E-state index in [2.05, 4.69) is 0 Å². The van der Waals surface area contributed by atoms with Gasteiger partial charge in [0.25, 0.3) is 0 Å². The number of aliphatic hydroxyl groups excluding tert-OH is 1. The number of aliphatic hydroxyl groups is 1. The fourth-order valence-electron chi connectivity index (χ4n) is 3.13. The molecule has 0 amide bonds. The molecule has 3 atom stereocenters. The van der Waals surface area contributed by atoms with Crippen molar-refractivity contribution in [3.05, 3.63) is 0 Å². The first-order valence-corrected chi connectivity index (χ1v) is 5.02. The molecule has 64 valence electrons. The Morgan fingerprint density at radius 3 is 2.45 bits per heavy atom. The van der Waals surface area contributed by atoms with E-state index in [1.165, 1.54) is 38.5 Å². The molecule has 0 saturated heterocycles. The zero-order chi connectivity index (χ0) is 7.68. The van der Waals surface area contributed by atoms with Crippen LogP contribution < -0.4 is 0 Å². The maximum Gasteiger partial charge on any atom is 0.0462 e. The first kappa shape index (κ1) is 7.60. The van der Waals surface area contributed by atoms with Gasteiger partial charge in [0.2, 0.25) is 0 Å². The molecule has 0 aromatic rings. The van der Waals surface area contributed by atoms with Gasteiger partial charge in [0.15, 0.2) is 0 Å². The molecule has 11 heavy (non-hydrogen) atoms. The van der Waals surface area contributed by atoms with Crippen LogP contribution in [0.5, 0.6) is 0 Å². The van der Waals surface area contributed by atoms with Crippen LogP contribution in [0.1, 0.15) is 38.5 Å². The number of hydrogen-bond donors (Lipinski definition) is 1. The van der Waals surface area contributed by atoms with E-state index < -0.39 is 0 Å². The van der Waals surface area contributed by atoms with Crippen LogP contribution in [-0.2, 0) is 0 Å². The molecular weight excluding hydrogens is 136 g/mol. The van der Waals surface area contributed by atoms with Crippen molar-refractivity contribution < 1.29 is 5.11 Å². The van der Waals surface area contributed by atoms with Gasteiger partial charge in [0, 0.05) is 6.61 Å². The Labute approximate surface area is 68.8 Å². The molecule has 0 aliphatic heterocycles. The molecule has 0 aromatic carbocycles. The average Bonchev–Trinajstić information content (AvgIpc) is 2.50. The second-order valence-corrected chi connectivity index (χ2v) is 4.23. The van der Waals surface area contributed by atoms with Crippen molar-refractivity contribution in [2.24, 2.45) is 17.8 Å². The van der Waals surface area contributed by atoms with E-state index in [0.717, 1.165) is 11.8 Å². The molecule has 1 nitrogen and oxygen atoms in total. The minimum absolute atomic E-state index is 0.446. The molecule has 2 aliphatic rings. The Hall–Kier alpha value is -0.0400. The van der Waals surface area contributed by atoms with Crippen LogP contribution >= 0.6 is 0 Å². The summed E-state index contributed by atoms with van der Waals surface area (Å²) >= 11 is 0. The summed E-state index contributed by atoms with van der Waals surface area (Å²) in [6, 6.07) is 0. The molecule has 0 spiro atoms. The molecule has 0 bridgehead atoms. The first-order valence-electron chi connectivity index (χ1n) is 5.02. The lowest BCUT2D eigenvalue weighted by molar-refractivity contribution is 0.108. The van der Waals surface area contributed by atoms with Crippen molar-refractivity contribution in [1.82, 2.24) is 0 Å². The molecule has 0 unspecified atom stereocenters. The normalized spacial score (nSPS) is 43.9. The van der Waals surface area contributed by atoms with Crippen LogP contribution in [0.15, 0.2) is 0 Å². The second kappa shape index (κ2) is 3.14. The van der Waals surface area contributed by atoms with Crippen LogP contribution in [0.3, 0.4) is 0 Å². The number of rotatable bonds is 1. The maximum absolute atomic E-state index is 9.14. The zero-order valence-electron chi connectivity index (χ0n) is 7.13. The summed E-state index contributed by atoms with van der Waals surface area (Å²) < 4.78 is 0. The molecule has 0 radical (unpaired) electrons. The van der Waals surface area contributed by atoms with Gasteiger partial charge in [-0.25, -0.2) is 0 Å². The van der Waals surface area contributed by atoms with E-state index >= 15 is 0 Å². The lowest BCUT2D eigenvalue weighted by atomic mass is 9.74. The number of hydrogen-bond acceptors (Lipinski definition) is 1. The topological polar surface area (TPSA) is 20.2 Å². The molecular formula is C10H18O. The van der Waals surface area contributed by atoms with Crippen molar-refractivity contribution in [3.63, 3.8) is 0 Å². The number of fused-ring (bicyclic) bond motifs is 1. The zero-order valence-corrected chi connectivity index (χ0v) is 7.13. The van der Waals surface area contributed by atoms with Gasteiger partial charge in [-0.2, -0.15) is 0 Å². The van der Waals surface area contributed by atoms with Gasteiger partial charge in [0.05, 0.1) is 0 Å². The summed E-state index contributed by atoms with van der Waals surface area (Å²) in [5.41, 5.74) is 0. The second-order valence-electron chi connectivity index (χ2n) is 4.23. The monoisotopic (exact) mass is 154 g/mol. The van der Waals surface area contributed by atoms with E-state index in [0.29, 0.717) is 12.5 Å². The smallest absolute Gasteiger partial charge is 0.0462 e. The Morgan fingerprint density at radius 1 is 1.00 bits per heavy atom. The van der Waals surface area contributed by atoms with Gasteiger partial charge in [-0.05, 0) is 30.6 Å². The van der Waals surface area contributed by atoms with Crippen LogP contribution in [0, 0.1) is 17.8 Å². The standard InChI is InChI=1S/C10H18O/c11-7-9-5-1-3-8-4-2-6-10(8)9/h8-11H,1-7H2/t8-,9+,10-/m1/s1. The van der Waals surface area contributed by atoms with E-state index in [9.17, 15) is 0 Å². The summed E-state index contributed by atoms with van der Waals surface area (Å²) in [6.07, 6.45) is 8.37. The quantitative estimate of drug-likeness (QED) is 0.614. The highest BCUT2D eigenvalue weighted by molar-refractivity contribution is 4.86. The van der Waals surface area contributed by atoms with Crippen LogP contribution in [-0.4, -0.2) is 11.7 Å². The van der Waals surface area contributed by atoms with Crippen molar-refractivity contribution in [2.45, 2.75) is 38.5 Å². The van der Waals surface area contributed by atoms with Gasteiger partial charge in [-0.3, -0.25) is 0 Å². The van der Waals surface area contributed by atoms with Gasteiger partial charge in [-0.15, -0.1) is 0 Å². The Morgan fingerprint density at radius 2 is 1.73 bits per heavy atom. The van der Waals surface area contributed by atoms with Crippen LogP contribution in [0.4, 0.5) is 0 Å². The van der Waals surface area contributed by atoms with Crippen molar-refractivity contribution in [2.75, 3.05) is 6.61 Å². The predicted octanol–water partition coefficient (Wildman–Crippen LogP) is 2.20. The van der Waals surface area contributed by atoms with Crippen molar-refractivity contribution in [3.8, 4) is 0 Å². The summed E-state index contributed by atoms with van der Waals surface area (Å²) in [7, 11) is 0. The maximum atomic E-state index is 9.14. The molecule has 2 fully saturated rings. The highest BCUT2D eigenvalue weighted by atomic mass is 16.3. The highest BCUT2D eigenvalue weighted by Gasteiger charge is 2.35. The summed E-state index contributed by atoms with van der Waals surface area (Å²) in [5.74, 6) is 2.55. The van der Waals surface area contributed by atoms with Crippen LogP contribution in [0.2, 0.25) is 0 Å². The van der Waals surface area contributed by atoms with Gasteiger partial charge < -0.3 is 5.11 Å².